The zero-order chi connectivity index (χ0) is 16.7. The van der Waals surface area contributed by atoms with Crippen LogP contribution in [0.4, 0.5) is 4.79 Å². The number of aliphatic carboxylic acids is 1. The SMILES string of the molecule is CC(C)c1ccc(C(NC(=O)NCCC(=O)O)C(C)C)cc1. The van der Waals surface area contributed by atoms with Gasteiger partial charge in [-0.1, -0.05) is 52.0 Å². The van der Waals surface area contributed by atoms with Crippen LogP contribution in [0.15, 0.2) is 24.3 Å². The molecule has 1 atom stereocenters. The first kappa shape index (κ1) is 18.0. The van der Waals surface area contributed by atoms with Crippen LogP contribution in [0.25, 0.3) is 0 Å². The molecule has 0 aliphatic heterocycles. The third kappa shape index (κ3) is 5.76. The molecule has 0 aromatic heterocycles. The van der Waals surface area contributed by atoms with E-state index >= 15 is 0 Å². The van der Waals surface area contributed by atoms with E-state index in [-0.39, 0.29) is 31.0 Å². The molecule has 0 aliphatic rings. The van der Waals surface area contributed by atoms with Gasteiger partial charge in [0.2, 0.25) is 0 Å². The molecule has 122 valence electrons. The van der Waals surface area contributed by atoms with E-state index in [1.54, 1.807) is 0 Å². The van der Waals surface area contributed by atoms with Crippen LogP contribution < -0.4 is 10.6 Å². The smallest absolute Gasteiger partial charge is 0.315 e. The maximum Gasteiger partial charge on any atom is 0.315 e. The maximum atomic E-state index is 11.9. The Morgan fingerprint density at radius 3 is 2.05 bits per heavy atom. The summed E-state index contributed by atoms with van der Waals surface area (Å²) in [6.07, 6.45) is -0.0805. The molecule has 0 radical (unpaired) electrons. The standard InChI is InChI=1S/C17H26N2O3/c1-11(2)13-5-7-14(8-6-13)16(12(3)4)19-17(22)18-10-9-15(20)21/h5-8,11-12,16H,9-10H2,1-4H3,(H,20,21)(H2,18,19,22). The van der Waals surface area contributed by atoms with Crippen LogP contribution >= 0.6 is 0 Å². The van der Waals surface area contributed by atoms with Crippen LogP contribution in [-0.4, -0.2) is 23.7 Å². The molecule has 5 nitrogen and oxygen atoms in total. The largest absolute Gasteiger partial charge is 0.481 e. The minimum Gasteiger partial charge on any atom is -0.481 e. The van der Waals surface area contributed by atoms with E-state index in [0.717, 1.165) is 5.56 Å². The van der Waals surface area contributed by atoms with Gasteiger partial charge in [0.25, 0.3) is 0 Å². The van der Waals surface area contributed by atoms with Gasteiger partial charge >= 0.3 is 12.0 Å². The van der Waals surface area contributed by atoms with E-state index in [4.69, 9.17) is 5.11 Å². The summed E-state index contributed by atoms with van der Waals surface area (Å²) in [5.41, 5.74) is 2.31. The molecule has 0 bridgehead atoms. The molecular weight excluding hydrogens is 280 g/mol. The maximum absolute atomic E-state index is 11.9. The third-order valence-corrected chi connectivity index (χ3v) is 3.54. The van der Waals surface area contributed by atoms with Crippen molar-refractivity contribution >= 4 is 12.0 Å². The third-order valence-electron chi connectivity index (χ3n) is 3.54. The van der Waals surface area contributed by atoms with Crippen LogP contribution in [0, 0.1) is 5.92 Å². The Morgan fingerprint density at radius 2 is 1.59 bits per heavy atom. The predicted octanol–water partition coefficient (Wildman–Crippen LogP) is 3.28. The van der Waals surface area contributed by atoms with Gasteiger partial charge in [0.1, 0.15) is 0 Å². The van der Waals surface area contributed by atoms with Gasteiger partial charge in [0.15, 0.2) is 0 Å². The number of rotatable bonds is 7. The molecule has 0 saturated heterocycles. The monoisotopic (exact) mass is 306 g/mol. The predicted molar refractivity (Wildman–Crippen MR) is 86.9 cm³/mol. The Balaban J connectivity index is 2.69. The van der Waals surface area contributed by atoms with Crippen molar-refractivity contribution in [2.75, 3.05) is 6.54 Å². The number of carboxylic acids is 1. The van der Waals surface area contributed by atoms with Crippen LogP contribution in [0.3, 0.4) is 0 Å². The highest BCUT2D eigenvalue weighted by atomic mass is 16.4. The van der Waals surface area contributed by atoms with E-state index in [1.807, 2.05) is 26.0 Å². The molecular formula is C17H26N2O3. The van der Waals surface area contributed by atoms with Crippen molar-refractivity contribution < 1.29 is 14.7 Å². The Bertz CT molecular complexity index is 495. The van der Waals surface area contributed by atoms with Crippen molar-refractivity contribution in [1.82, 2.24) is 10.6 Å². The Morgan fingerprint density at radius 1 is 1.05 bits per heavy atom. The molecule has 1 unspecified atom stereocenters. The van der Waals surface area contributed by atoms with E-state index in [0.29, 0.717) is 5.92 Å². The van der Waals surface area contributed by atoms with Crippen molar-refractivity contribution in [2.45, 2.75) is 46.1 Å². The zero-order valence-electron chi connectivity index (χ0n) is 13.7. The van der Waals surface area contributed by atoms with Gasteiger partial charge in [-0.3, -0.25) is 4.79 Å². The van der Waals surface area contributed by atoms with Gasteiger partial charge in [0.05, 0.1) is 12.5 Å². The number of carboxylic acid groups (broad SMARTS) is 1. The summed E-state index contributed by atoms with van der Waals surface area (Å²) in [6, 6.07) is 7.80. The van der Waals surface area contributed by atoms with Gasteiger partial charge in [0, 0.05) is 6.54 Å². The van der Waals surface area contributed by atoms with Gasteiger partial charge in [-0.15, -0.1) is 0 Å². The topological polar surface area (TPSA) is 78.4 Å². The van der Waals surface area contributed by atoms with Crippen molar-refractivity contribution in [3.05, 3.63) is 35.4 Å². The number of benzene rings is 1. The average molecular weight is 306 g/mol. The second kappa shape index (κ2) is 8.41. The van der Waals surface area contributed by atoms with E-state index in [2.05, 4.69) is 36.6 Å². The number of nitrogens with one attached hydrogen (secondary N) is 2. The molecule has 0 aliphatic carbocycles. The van der Waals surface area contributed by atoms with Gasteiger partial charge < -0.3 is 15.7 Å². The van der Waals surface area contributed by atoms with Crippen molar-refractivity contribution in [1.29, 1.82) is 0 Å². The molecule has 0 fully saturated rings. The second-order valence-electron chi connectivity index (χ2n) is 6.09. The van der Waals surface area contributed by atoms with E-state index in [1.165, 1.54) is 5.56 Å². The van der Waals surface area contributed by atoms with Crippen molar-refractivity contribution in [3.63, 3.8) is 0 Å². The molecule has 0 heterocycles. The summed E-state index contributed by atoms with van der Waals surface area (Å²) >= 11 is 0. The fraction of sp³-hybridized carbons (Fsp3) is 0.529. The first-order valence-corrected chi connectivity index (χ1v) is 7.67. The highest BCUT2D eigenvalue weighted by Crippen LogP contribution is 2.23. The van der Waals surface area contributed by atoms with Gasteiger partial charge in [-0.25, -0.2) is 4.79 Å². The second-order valence-corrected chi connectivity index (χ2v) is 6.09. The molecule has 1 aromatic rings. The molecule has 5 heteroatoms. The summed E-state index contributed by atoms with van der Waals surface area (Å²) in [5.74, 6) is -0.223. The lowest BCUT2D eigenvalue weighted by atomic mass is 9.93. The summed E-state index contributed by atoms with van der Waals surface area (Å²) in [6.45, 7) is 8.49. The minimum absolute atomic E-state index is 0.0805. The number of amides is 2. The lowest BCUT2D eigenvalue weighted by molar-refractivity contribution is -0.136. The molecule has 22 heavy (non-hydrogen) atoms. The molecule has 0 spiro atoms. The minimum atomic E-state index is -0.926. The first-order chi connectivity index (χ1) is 10.3. The molecule has 3 N–H and O–H groups in total. The first-order valence-electron chi connectivity index (χ1n) is 7.67. The Kier molecular flexibility index (Phi) is 6.89. The van der Waals surface area contributed by atoms with E-state index in [9.17, 15) is 9.59 Å². The van der Waals surface area contributed by atoms with Crippen LogP contribution in [0.2, 0.25) is 0 Å². The van der Waals surface area contributed by atoms with Gasteiger partial charge in [-0.05, 0) is 23.0 Å². The number of hydrogen-bond donors (Lipinski definition) is 3. The summed E-state index contributed by atoms with van der Waals surface area (Å²) in [5, 5.41) is 14.1. The highest BCUT2D eigenvalue weighted by Gasteiger charge is 2.18. The Hall–Kier alpha value is -2.04. The fourth-order valence-electron chi connectivity index (χ4n) is 2.20. The molecule has 2 amide bonds. The van der Waals surface area contributed by atoms with Gasteiger partial charge in [-0.2, -0.15) is 0 Å². The number of urea groups is 1. The summed E-state index contributed by atoms with van der Waals surface area (Å²) in [7, 11) is 0. The molecule has 0 saturated carbocycles. The lowest BCUT2D eigenvalue weighted by Gasteiger charge is -2.23. The lowest BCUT2D eigenvalue weighted by Crippen LogP contribution is -2.40. The molecule has 1 aromatic carbocycles. The molecule has 1 rings (SSSR count). The fourth-order valence-corrected chi connectivity index (χ4v) is 2.20. The number of carbonyl (C=O) groups is 2. The summed E-state index contributed by atoms with van der Waals surface area (Å²) < 4.78 is 0. The van der Waals surface area contributed by atoms with Crippen LogP contribution in [0.1, 0.15) is 57.2 Å². The zero-order valence-corrected chi connectivity index (χ0v) is 13.7. The Labute approximate surface area is 132 Å². The van der Waals surface area contributed by atoms with E-state index < -0.39 is 5.97 Å². The number of hydrogen-bond acceptors (Lipinski definition) is 2. The summed E-state index contributed by atoms with van der Waals surface area (Å²) in [4.78, 5) is 22.3. The van der Waals surface area contributed by atoms with Crippen molar-refractivity contribution in [3.8, 4) is 0 Å². The quantitative estimate of drug-likeness (QED) is 0.723. The number of carbonyl (C=O) groups excluding carboxylic acids is 1. The highest BCUT2D eigenvalue weighted by molar-refractivity contribution is 5.75. The van der Waals surface area contributed by atoms with Crippen LogP contribution in [-0.2, 0) is 4.79 Å². The van der Waals surface area contributed by atoms with Crippen molar-refractivity contribution in [2.24, 2.45) is 5.92 Å². The average Bonchev–Trinajstić information content (AvgIpc) is 2.44. The van der Waals surface area contributed by atoms with Crippen LogP contribution in [0.5, 0.6) is 0 Å². The normalized spacial score (nSPS) is 12.3.